The number of esters is 1. The van der Waals surface area contributed by atoms with Crippen LogP contribution in [0.3, 0.4) is 0 Å². The number of nitrogens with one attached hydrogen (secondary N) is 1. The van der Waals surface area contributed by atoms with Gasteiger partial charge in [0.05, 0.1) is 23.3 Å². The number of carbonyl (C=O) groups excluding carboxylic acids is 2. The smallest absolute Gasteiger partial charge is 0.325 e. The van der Waals surface area contributed by atoms with E-state index in [0.717, 1.165) is 17.3 Å². The molecule has 0 spiro atoms. The van der Waals surface area contributed by atoms with E-state index in [-0.39, 0.29) is 23.2 Å². The predicted octanol–water partition coefficient (Wildman–Crippen LogP) is 3.65. The Balaban J connectivity index is 1.92. The summed E-state index contributed by atoms with van der Waals surface area (Å²) in [6.45, 7) is 3.27. The maximum atomic E-state index is 12.9. The van der Waals surface area contributed by atoms with Gasteiger partial charge in [-0.3, -0.25) is 19.0 Å². The lowest BCUT2D eigenvalue weighted by Gasteiger charge is -2.16. The quantitative estimate of drug-likeness (QED) is 0.354. The molecule has 1 amide bonds. The molecule has 3 rings (SSSR count). The Labute approximate surface area is 182 Å². The zero-order valence-electron chi connectivity index (χ0n) is 16.6. The Hall–Kier alpha value is -2.84. The van der Waals surface area contributed by atoms with E-state index in [0.29, 0.717) is 21.6 Å². The number of hydrogen-bond acceptors (Lipinski definition) is 6. The molecule has 1 aromatic heterocycles. The molecule has 30 heavy (non-hydrogen) atoms. The molecule has 0 saturated heterocycles. The van der Waals surface area contributed by atoms with Crippen LogP contribution in [0.5, 0.6) is 0 Å². The molecule has 9 heteroatoms. The molecule has 0 bridgehead atoms. The second-order valence-corrected chi connectivity index (χ2v) is 8.33. The number of para-hydroxylation sites is 1. The maximum Gasteiger partial charge on any atom is 0.325 e. The first-order valence-corrected chi connectivity index (χ1v) is 10.4. The third-order valence-electron chi connectivity index (χ3n) is 4.45. The van der Waals surface area contributed by atoms with Gasteiger partial charge in [0.25, 0.3) is 5.56 Å². The largest absolute Gasteiger partial charge is 0.468 e. The van der Waals surface area contributed by atoms with E-state index >= 15 is 0 Å². The predicted molar refractivity (Wildman–Crippen MR) is 118 cm³/mol. The number of ether oxygens (including phenoxy) is 1. The lowest BCUT2D eigenvalue weighted by atomic mass is 10.2. The molecule has 1 atom stereocenters. The average molecular weight is 446 g/mol. The van der Waals surface area contributed by atoms with Crippen molar-refractivity contribution in [3.8, 4) is 0 Å². The number of anilines is 1. The zero-order chi connectivity index (χ0) is 21.8. The monoisotopic (exact) mass is 445 g/mol. The van der Waals surface area contributed by atoms with Gasteiger partial charge in [-0.15, -0.1) is 0 Å². The lowest BCUT2D eigenvalue weighted by molar-refractivity contribution is -0.141. The first-order chi connectivity index (χ1) is 14.3. The Morgan fingerprint density at radius 1 is 1.27 bits per heavy atom. The van der Waals surface area contributed by atoms with Crippen LogP contribution in [0.1, 0.15) is 12.5 Å². The number of nitrogens with zero attached hydrogens (tertiary/aromatic N) is 2. The molecular formula is C21H20ClN3O4S. The molecule has 3 aromatic rings. The van der Waals surface area contributed by atoms with Gasteiger partial charge in [-0.25, -0.2) is 4.98 Å². The number of methoxy groups -OCH3 is 1. The highest BCUT2D eigenvalue weighted by Gasteiger charge is 2.21. The second kappa shape index (κ2) is 9.32. The number of aromatic nitrogens is 2. The normalized spacial score (nSPS) is 11.9. The van der Waals surface area contributed by atoms with Crippen molar-refractivity contribution in [1.29, 1.82) is 0 Å². The fourth-order valence-corrected chi connectivity index (χ4v) is 3.83. The van der Waals surface area contributed by atoms with Crippen molar-refractivity contribution < 1.29 is 14.3 Å². The Morgan fingerprint density at radius 3 is 2.73 bits per heavy atom. The van der Waals surface area contributed by atoms with E-state index in [1.807, 2.05) is 13.0 Å². The first-order valence-electron chi connectivity index (χ1n) is 9.10. The summed E-state index contributed by atoms with van der Waals surface area (Å²) in [6.07, 6.45) is 0. The van der Waals surface area contributed by atoms with E-state index in [4.69, 9.17) is 16.3 Å². The number of amides is 1. The number of hydrogen-bond donors (Lipinski definition) is 1. The highest BCUT2D eigenvalue weighted by molar-refractivity contribution is 8.00. The Morgan fingerprint density at radius 2 is 2.00 bits per heavy atom. The van der Waals surface area contributed by atoms with Gasteiger partial charge < -0.3 is 10.1 Å². The van der Waals surface area contributed by atoms with E-state index < -0.39 is 11.2 Å². The summed E-state index contributed by atoms with van der Waals surface area (Å²) in [5.41, 5.74) is 1.60. The van der Waals surface area contributed by atoms with Crippen molar-refractivity contribution in [3.05, 3.63) is 63.4 Å². The number of carbonyl (C=O) groups is 2. The molecule has 0 unspecified atom stereocenters. The fraction of sp³-hybridized carbons (Fsp3) is 0.238. The topological polar surface area (TPSA) is 90.3 Å². The molecular weight excluding hydrogens is 426 g/mol. The molecule has 0 aliphatic carbocycles. The van der Waals surface area contributed by atoms with Crippen LogP contribution in [0, 0.1) is 6.92 Å². The van der Waals surface area contributed by atoms with Gasteiger partial charge in [-0.05, 0) is 43.7 Å². The summed E-state index contributed by atoms with van der Waals surface area (Å²) in [5.74, 6) is -0.861. The molecule has 7 nitrogen and oxygen atoms in total. The van der Waals surface area contributed by atoms with Crippen LogP contribution < -0.4 is 10.9 Å². The molecule has 1 N–H and O–H groups in total. The van der Waals surface area contributed by atoms with Gasteiger partial charge >= 0.3 is 5.97 Å². The van der Waals surface area contributed by atoms with Gasteiger partial charge in [0, 0.05) is 10.7 Å². The minimum Gasteiger partial charge on any atom is -0.468 e. The van der Waals surface area contributed by atoms with Crippen LogP contribution in [0.4, 0.5) is 5.69 Å². The van der Waals surface area contributed by atoms with Crippen LogP contribution in [-0.2, 0) is 20.9 Å². The number of thioether (sulfide) groups is 1. The summed E-state index contributed by atoms with van der Waals surface area (Å²) in [5, 5.41) is 3.40. The Bertz CT molecular complexity index is 1180. The van der Waals surface area contributed by atoms with E-state index in [2.05, 4.69) is 10.3 Å². The van der Waals surface area contributed by atoms with Crippen molar-refractivity contribution in [2.75, 3.05) is 12.4 Å². The molecule has 0 aliphatic heterocycles. The average Bonchev–Trinajstić information content (AvgIpc) is 2.73. The second-order valence-electron chi connectivity index (χ2n) is 6.59. The third-order valence-corrected chi connectivity index (χ3v) is 5.78. The fourth-order valence-electron chi connectivity index (χ4n) is 2.75. The highest BCUT2D eigenvalue weighted by Crippen LogP contribution is 2.25. The van der Waals surface area contributed by atoms with E-state index in [1.165, 1.54) is 11.7 Å². The van der Waals surface area contributed by atoms with Crippen molar-refractivity contribution in [2.24, 2.45) is 0 Å². The summed E-state index contributed by atoms with van der Waals surface area (Å²) >= 11 is 7.11. The van der Waals surface area contributed by atoms with Gasteiger partial charge in [-0.1, -0.05) is 41.6 Å². The number of aryl methyl sites for hydroxylation is 1. The standard InChI is InChI=1S/C21H20ClN3O4S/c1-12-8-9-14(22)10-17(12)23-19(27)13(2)30-21-24-16-7-5-4-6-15(16)20(28)25(21)11-18(26)29-3/h4-10,13H,11H2,1-3H3,(H,23,27)/t13-/m1/s1. The van der Waals surface area contributed by atoms with Crippen LogP contribution in [0.2, 0.25) is 5.02 Å². The number of rotatable bonds is 6. The van der Waals surface area contributed by atoms with Crippen LogP contribution in [0.15, 0.2) is 52.4 Å². The van der Waals surface area contributed by atoms with Gasteiger partial charge in [-0.2, -0.15) is 0 Å². The summed E-state index contributed by atoms with van der Waals surface area (Å²) in [7, 11) is 1.25. The van der Waals surface area contributed by atoms with Gasteiger partial charge in [0.1, 0.15) is 6.54 Å². The maximum absolute atomic E-state index is 12.9. The van der Waals surface area contributed by atoms with Crippen molar-refractivity contribution in [3.63, 3.8) is 0 Å². The molecule has 156 valence electrons. The van der Waals surface area contributed by atoms with E-state index in [9.17, 15) is 14.4 Å². The molecule has 1 heterocycles. The minimum absolute atomic E-state index is 0.259. The van der Waals surface area contributed by atoms with Crippen LogP contribution in [-0.4, -0.2) is 33.8 Å². The summed E-state index contributed by atoms with van der Waals surface area (Å²) in [6, 6.07) is 12.1. The summed E-state index contributed by atoms with van der Waals surface area (Å²) in [4.78, 5) is 42.0. The molecule has 0 fully saturated rings. The molecule has 0 saturated carbocycles. The number of fused-ring (bicyclic) bond motifs is 1. The Kier molecular flexibility index (Phi) is 6.79. The summed E-state index contributed by atoms with van der Waals surface area (Å²) < 4.78 is 5.93. The SMILES string of the molecule is COC(=O)Cn1c(S[C@H](C)C(=O)Nc2cc(Cl)ccc2C)nc2ccccc2c1=O. The molecule has 2 aromatic carbocycles. The van der Waals surface area contributed by atoms with Crippen LogP contribution >= 0.6 is 23.4 Å². The lowest BCUT2D eigenvalue weighted by Crippen LogP contribution is -2.29. The molecule has 0 aliphatic rings. The first kappa shape index (κ1) is 21.9. The highest BCUT2D eigenvalue weighted by atomic mass is 35.5. The van der Waals surface area contributed by atoms with Crippen molar-refractivity contribution in [2.45, 2.75) is 30.8 Å². The van der Waals surface area contributed by atoms with Crippen LogP contribution in [0.25, 0.3) is 10.9 Å². The van der Waals surface area contributed by atoms with Gasteiger partial charge in [0.2, 0.25) is 5.91 Å². The van der Waals surface area contributed by atoms with Gasteiger partial charge in [0.15, 0.2) is 5.16 Å². The molecule has 0 radical (unpaired) electrons. The zero-order valence-corrected chi connectivity index (χ0v) is 18.2. The van der Waals surface area contributed by atoms with Crippen molar-refractivity contribution in [1.82, 2.24) is 9.55 Å². The number of benzene rings is 2. The van der Waals surface area contributed by atoms with E-state index in [1.54, 1.807) is 43.3 Å². The van der Waals surface area contributed by atoms with Crippen molar-refractivity contribution >= 4 is 51.8 Å². The number of halogens is 1. The minimum atomic E-state index is -0.597. The third kappa shape index (κ3) is 4.83.